The van der Waals surface area contributed by atoms with Gasteiger partial charge in [0.25, 0.3) is 0 Å². The first-order valence-corrected chi connectivity index (χ1v) is 4.52. The molecule has 1 unspecified atom stereocenters. The zero-order valence-corrected chi connectivity index (χ0v) is 8.82. The maximum absolute atomic E-state index is 11.4. The van der Waals surface area contributed by atoms with Gasteiger partial charge in [0.1, 0.15) is 0 Å². The number of hydrogen-bond donors (Lipinski definition) is 3. The summed E-state index contributed by atoms with van der Waals surface area (Å²) in [7, 11) is 1.59. The second-order valence-corrected chi connectivity index (χ2v) is 3.04. The lowest BCUT2D eigenvalue weighted by Gasteiger charge is -2.23. The molecule has 6 heteroatoms. The summed E-state index contributed by atoms with van der Waals surface area (Å²) < 4.78 is 0. The molecule has 0 rings (SSSR count). The Hall–Kier alpha value is -1.46. The molecule has 2 amide bonds. The van der Waals surface area contributed by atoms with Crippen LogP contribution in [0.25, 0.3) is 0 Å². The number of carbonyl (C=O) groups is 1. The van der Waals surface area contributed by atoms with Crippen LogP contribution in [0.4, 0.5) is 4.79 Å². The number of urea groups is 1. The SMILES string of the molecule is CCCNC(=O)N(C)C(C)C(N)=NO. The number of nitrogens with two attached hydrogens (primary N) is 1. The van der Waals surface area contributed by atoms with Crippen molar-refractivity contribution in [3.63, 3.8) is 0 Å². The molecule has 0 aliphatic carbocycles. The number of likely N-dealkylation sites (N-methyl/N-ethyl adjacent to an activating group) is 1. The first-order chi connectivity index (χ1) is 6.54. The molecule has 0 spiro atoms. The normalized spacial score (nSPS) is 13.5. The van der Waals surface area contributed by atoms with E-state index in [0.717, 1.165) is 6.42 Å². The maximum Gasteiger partial charge on any atom is 0.317 e. The third-order valence-corrected chi connectivity index (χ3v) is 1.97. The van der Waals surface area contributed by atoms with Crippen molar-refractivity contribution in [3.8, 4) is 0 Å². The third-order valence-electron chi connectivity index (χ3n) is 1.97. The second kappa shape index (κ2) is 6.06. The molecule has 0 aromatic rings. The smallest absolute Gasteiger partial charge is 0.317 e. The van der Waals surface area contributed by atoms with Crippen LogP contribution in [0, 0.1) is 0 Å². The molecule has 0 fully saturated rings. The van der Waals surface area contributed by atoms with Crippen LogP contribution in [0.1, 0.15) is 20.3 Å². The fourth-order valence-corrected chi connectivity index (χ4v) is 0.814. The topological polar surface area (TPSA) is 91.0 Å². The molecule has 82 valence electrons. The van der Waals surface area contributed by atoms with Crippen molar-refractivity contribution in [2.75, 3.05) is 13.6 Å². The van der Waals surface area contributed by atoms with E-state index in [1.807, 2.05) is 6.92 Å². The molecule has 6 nitrogen and oxygen atoms in total. The van der Waals surface area contributed by atoms with Gasteiger partial charge in [-0.2, -0.15) is 0 Å². The summed E-state index contributed by atoms with van der Waals surface area (Å²) in [5.41, 5.74) is 5.36. The van der Waals surface area contributed by atoms with Gasteiger partial charge in [0.15, 0.2) is 5.84 Å². The van der Waals surface area contributed by atoms with Gasteiger partial charge in [0.05, 0.1) is 6.04 Å². The number of amides is 2. The first-order valence-electron chi connectivity index (χ1n) is 4.52. The zero-order chi connectivity index (χ0) is 11.1. The van der Waals surface area contributed by atoms with Gasteiger partial charge in [0.2, 0.25) is 0 Å². The number of nitrogens with one attached hydrogen (secondary N) is 1. The van der Waals surface area contributed by atoms with Crippen molar-refractivity contribution < 1.29 is 10.0 Å². The number of carbonyl (C=O) groups excluding carboxylic acids is 1. The average molecular weight is 202 g/mol. The van der Waals surface area contributed by atoms with Crippen LogP contribution < -0.4 is 11.1 Å². The largest absolute Gasteiger partial charge is 0.409 e. The lowest BCUT2D eigenvalue weighted by molar-refractivity contribution is 0.203. The summed E-state index contributed by atoms with van der Waals surface area (Å²) in [6.45, 7) is 4.26. The van der Waals surface area contributed by atoms with E-state index in [1.165, 1.54) is 4.90 Å². The van der Waals surface area contributed by atoms with Gasteiger partial charge < -0.3 is 21.2 Å². The summed E-state index contributed by atoms with van der Waals surface area (Å²) in [5.74, 6) is 0.0131. The van der Waals surface area contributed by atoms with Crippen molar-refractivity contribution in [2.24, 2.45) is 10.9 Å². The van der Waals surface area contributed by atoms with E-state index >= 15 is 0 Å². The molecule has 0 heterocycles. The van der Waals surface area contributed by atoms with Gasteiger partial charge >= 0.3 is 6.03 Å². The van der Waals surface area contributed by atoms with Gasteiger partial charge in [-0.3, -0.25) is 0 Å². The standard InChI is InChI=1S/C8H18N4O2/c1-4-5-10-8(13)12(3)6(2)7(9)11-14/h6,14H,4-5H2,1-3H3,(H2,9,11)(H,10,13). The zero-order valence-electron chi connectivity index (χ0n) is 8.82. The molecular formula is C8H18N4O2. The lowest BCUT2D eigenvalue weighted by atomic mass is 10.3. The van der Waals surface area contributed by atoms with E-state index in [4.69, 9.17) is 10.9 Å². The molecule has 0 aliphatic rings. The van der Waals surface area contributed by atoms with Gasteiger partial charge in [-0.1, -0.05) is 12.1 Å². The molecule has 0 radical (unpaired) electrons. The minimum Gasteiger partial charge on any atom is -0.409 e. The Balaban J connectivity index is 4.17. The highest BCUT2D eigenvalue weighted by atomic mass is 16.4. The van der Waals surface area contributed by atoms with Crippen LogP contribution in [0.5, 0.6) is 0 Å². The minimum absolute atomic E-state index is 0.0131. The van der Waals surface area contributed by atoms with Crippen LogP contribution in [0.3, 0.4) is 0 Å². The van der Waals surface area contributed by atoms with Gasteiger partial charge in [-0.15, -0.1) is 0 Å². The highest BCUT2D eigenvalue weighted by Gasteiger charge is 2.18. The van der Waals surface area contributed by atoms with Gasteiger partial charge in [0, 0.05) is 13.6 Å². The summed E-state index contributed by atoms with van der Waals surface area (Å²) in [6, 6.07) is -0.650. The maximum atomic E-state index is 11.4. The van der Waals surface area contributed by atoms with Crippen molar-refractivity contribution in [3.05, 3.63) is 0 Å². The van der Waals surface area contributed by atoms with Crippen LogP contribution in [0.15, 0.2) is 5.16 Å². The van der Waals surface area contributed by atoms with E-state index in [0.29, 0.717) is 6.54 Å². The Morgan fingerprint density at radius 1 is 1.71 bits per heavy atom. The van der Waals surface area contributed by atoms with Crippen LogP contribution in [-0.2, 0) is 0 Å². The molecule has 0 bridgehead atoms. The second-order valence-electron chi connectivity index (χ2n) is 3.04. The Morgan fingerprint density at radius 2 is 2.29 bits per heavy atom. The predicted octanol–water partition coefficient (Wildman–Crippen LogP) is 0.173. The first kappa shape index (κ1) is 12.5. The fraction of sp³-hybridized carbons (Fsp3) is 0.750. The van der Waals surface area contributed by atoms with E-state index < -0.39 is 6.04 Å². The third kappa shape index (κ3) is 3.51. The highest BCUT2D eigenvalue weighted by Crippen LogP contribution is 1.96. The Morgan fingerprint density at radius 3 is 2.71 bits per heavy atom. The van der Waals surface area contributed by atoms with E-state index in [1.54, 1.807) is 14.0 Å². The molecule has 0 aliphatic heterocycles. The summed E-state index contributed by atoms with van der Waals surface area (Å²) >= 11 is 0. The summed E-state index contributed by atoms with van der Waals surface area (Å²) in [4.78, 5) is 12.8. The van der Waals surface area contributed by atoms with Crippen LogP contribution >= 0.6 is 0 Å². The average Bonchev–Trinajstić information content (AvgIpc) is 2.22. The number of nitrogens with zero attached hydrogens (tertiary/aromatic N) is 2. The predicted molar refractivity (Wildman–Crippen MR) is 54.3 cm³/mol. The minimum atomic E-state index is -0.420. The molecule has 0 aromatic heterocycles. The fourth-order valence-electron chi connectivity index (χ4n) is 0.814. The quantitative estimate of drug-likeness (QED) is 0.263. The van der Waals surface area contributed by atoms with E-state index in [2.05, 4.69) is 10.5 Å². The van der Waals surface area contributed by atoms with Crippen molar-refractivity contribution in [2.45, 2.75) is 26.3 Å². The van der Waals surface area contributed by atoms with Crippen LogP contribution in [0.2, 0.25) is 0 Å². The Bertz CT molecular complexity index is 217. The molecule has 14 heavy (non-hydrogen) atoms. The Labute approximate surface area is 83.7 Å². The monoisotopic (exact) mass is 202 g/mol. The molecule has 0 saturated heterocycles. The molecule has 1 atom stereocenters. The molecule has 0 aromatic carbocycles. The number of amidine groups is 1. The Kier molecular flexibility index (Phi) is 5.43. The van der Waals surface area contributed by atoms with Gasteiger partial charge in [-0.25, -0.2) is 4.79 Å². The summed E-state index contributed by atoms with van der Waals surface area (Å²) in [5, 5.41) is 13.9. The van der Waals surface area contributed by atoms with Crippen molar-refractivity contribution in [1.82, 2.24) is 10.2 Å². The van der Waals surface area contributed by atoms with E-state index in [9.17, 15) is 4.79 Å². The van der Waals surface area contributed by atoms with Crippen LogP contribution in [-0.4, -0.2) is 41.6 Å². The number of oxime groups is 1. The highest BCUT2D eigenvalue weighted by molar-refractivity contribution is 5.88. The van der Waals surface area contributed by atoms with E-state index in [-0.39, 0.29) is 11.9 Å². The number of rotatable bonds is 4. The molecule has 0 saturated carbocycles. The number of hydrogen-bond acceptors (Lipinski definition) is 3. The van der Waals surface area contributed by atoms with Crippen molar-refractivity contribution >= 4 is 11.9 Å². The molecular weight excluding hydrogens is 184 g/mol. The van der Waals surface area contributed by atoms with Gasteiger partial charge in [-0.05, 0) is 13.3 Å². The molecule has 4 N–H and O–H groups in total. The summed E-state index contributed by atoms with van der Waals surface area (Å²) in [6.07, 6.45) is 0.873. The van der Waals surface area contributed by atoms with Crippen molar-refractivity contribution in [1.29, 1.82) is 0 Å². The lowest BCUT2D eigenvalue weighted by Crippen LogP contribution is -2.48.